The molecule has 1 aliphatic rings. The molecule has 1 aromatic rings. The van der Waals surface area contributed by atoms with Crippen LogP contribution >= 0.6 is 0 Å². The molecule has 2 bridgehead atoms. The molecule has 1 atom stereocenters. The molecule has 2 rings (SSSR count). The van der Waals surface area contributed by atoms with Crippen LogP contribution in [0.15, 0.2) is 47.6 Å². The third-order valence-electron chi connectivity index (χ3n) is 4.90. The monoisotopic (exact) mass is 385 g/mol. The molecule has 3 N–H and O–H groups in total. The number of aliphatic hydroxyl groups excluding tert-OH is 1. The lowest BCUT2D eigenvalue weighted by atomic mass is 10.0. The summed E-state index contributed by atoms with van der Waals surface area (Å²) in [7, 11) is 1.57. The van der Waals surface area contributed by atoms with Crippen LogP contribution in [-0.4, -0.2) is 29.3 Å². The Kier molecular flexibility index (Phi) is 8.33. The maximum absolute atomic E-state index is 12.4. The number of carbonyl (C=O) groups excluding carboxylic acids is 1. The van der Waals surface area contributed by atoms with E-state index in [4.69, 9.17) is 4.74 Å². The van der Waals surface area contributed by atoms with Gasteiger partial charge in [-0.05, 0) is 51.7 Å². The van der Waals surface area contributed by atoms with Crippen LogP contribution in [0.25, 0.3) is 0 Å². The number of anilines is 1. The molecule has 0 saturated carbocycles. The predicted molar refractivity (Wildman–Crippen MR) is 113 cm³/mol. The first-order valence-corrected chi connectivity index (χ1v) is 9.79. The number of nitrogens with one attached hydrogen (secondary N) is 1. The number of amides is 1. The van der Waals surface area contributed by atoms with Gasteiger partial charge in [0, 0.05) is 17.6 Å². The number of hydrogen-bond donors (Lipinski definition) is 3. The van der Waals surface area contributed by atoms with Crippen molar-refractivity contribution in [2.45, 2.75) is 58.5 Å². The minimum Gasteiger partial charge on any atom is -0.505 e. The lowest BCUT2D eigenvalue weighted by Gasteiger charge is -2.15. The molecule has 28 heavy (non-hydrogen) atoms. The molecule has 1 amide bonds. The molecular formula is C23H31NO4. The number of allylic oxidation sites excluding steroid dienone is 4. The molecule has 1 heterocycles. The third kappa shape index (κ3) is 6.27. The van der Waals surface area contributed by atoms with Crippen LogP contribution in [0.1, 0.15) is 51.5 Å². The van der Waals surface area contributed by atoms with Gasteiger partial charge in [-0.2, -0.15) is 0 Å². The summed E-state index contributed by atoms with van der Waals surface area (Å²) in [5, 5.41) is 23.5. The number of phenols is 1. The van der Waals surface area contributed by atoms with Crippen molar-refractivity contribution in [3.63, 3.8) is 0 Å². The van der Waals surface area contributed by atoms with Gasteiger partial charge in [0.2, 0.25) is 0 Å². The molecule has 0 spiro atoms. The van der Waals surface area contributed by atoms with Crippen molar-refractivity contribution in [2.24, 2.45) is 0 Å². The molecule has 5 nitrogen and oxygen atoms in total. The van der Waals surface area contributed by atoms with Gasteiger partial charge in [-0.3, -0.25) is 4.79 Å². The molecule has 5 heteroatoms. The molecule has 0 radical (unpaired) electrons. The third-order valence-corrected chi connectivity index (χ3v) is 4.90. The topological polar surface area (TPSA) is 78.8 Å². The van der Waals surface area contributed by atoms with Gasteiger partial charge in [-0.1, -0.05) is 36.3 Å². The number of hydrogen-bond acceptors (Lipinski definition) is 4. The predicted octanol–water partition coefficient (Wildman–Crippen LogP) is 4.66. The summed E-state index contributed by atoms with van der Waals surface area (Å²) >= 11 is 0. The largest absolute Gasteiger partial charge is 0.505 e. The van der Waals surface area contributed by atoms with E-state index in [9.17, 15) is 15.0 Å². The number of phenolic OH excluding ortho intramolecular Hbond substituents is 1. The Hall–Kier alpha value is -2.53. The molecule has 152 valence electrons. The highest BCUT2D eigenvalue weighted by molar-refractivity contribution is 6.04. The lowest BCUT2D eigenvalue weighted by molar-refractivity contribution is -0.112. The second kappa shape index (κ2) is 10.7. The van der Waals surface area contributed by atoms with Gasteiger partial charge in [0.05, 0.1) is 18.9 Å². The number of fused-ring (bicyclic) bond motifs is 2. The van der Waals surface area contributed by atoms with Crippen molar-refractivity contribution in [1.29, 1.82) is 0 Å². The van der Waals surface area contributed by atoms with Crippen LogP contribution in [-0.2, 0) is 11.2 Å². The van der Waals surface area contributed by atoms with Gasteiger partial charge >= 0.3 is 0 Å². The molecule has 1 aromatic carbocycles. The van der Waals surface area contributed by atoms with Gasteiger partial charge < -0.3 is 20.3 Å². The van der Waals surface area contributed by atoms with Crippen LogP contribution in [0.3, 0.4) is 0 Å². The van der Waals surface area contributed by atoms with E-state index in [-0.39, 0.29) is 17.8 Å². The highest BCUT2D eigenvalue weighted by Crippen LogP contribution is 2.36. The molecular weight excluding hydrogens is 354 g/mol. The van der Waals surface area contributed by atoms with E-state index in [0.717, 1.165) is 31.3 Å². The second-order valence-electron chi connectivity index (χ2n) is 7.28. The van der Waals surface area contributed by atoms with Crippen molar-refractivity contribution in [1.82, 2.24) is 0 Å². The Labute approximate surface area is 167 Å². The average molecular weight is 386 g/mol. The maximum Gasteiger partial charge on any atom is 0.251 e. The summed E-state index contributed by atoms with van der Waals surface area (Å²) in [5.41, 5.74) is 2.66. The Morgan fingerprint density at radius 1 is 1.21 bits per heavy atom. The van der Waals surface area contributed by atoms with Crippen LogP contribution in [0.4, 0.5) is 5.69 Å². The zero-order valence-corrected chi connectivity index (χ0v) is 17.0. The average Bonchev–Trinajstić information content (AvgIpc) is 2.67. The van der Waals surface area contributed by atoms with Crippen molar-refractivity contribution in [3.05, 3.63) is 53.1 Å². The molecule has 0 fully saturated rings. The SMILES string of the molecule is COc1ccc2c(O)c1C/C(C)=C/CCCCC(O)C/C=C\C=C(/C)C(=O)N2. The van der Waals surface area contributed by atoms with Gasteiger partial charge in [-0.15, -0.1) is 0 Å². The molecule has 0 aromatic heterocycles. The van der Waals surface area contributed by atoms with Crippen LogP contribution in [0, 0.1) is 0 Å². The van der Waals surface area contributed by atoms with Crippen LogP contribution in [0.2, 0.25) is 0 Å². The van der Waals surface area contributed by atoms with Crippen LogP contribution in [0.5, 0.6) is 11.5 Å². The number of aromatic hydroxyl groups is 1. The zero-order chi connectivity index (χ0) is 20.5. The minimum atomic E-state index is -0.358. The number of rotatable bonds is 1. The number of carbonyl (C=O) groups is 1. The maximum atomic E-state index is 12.4. The fourth-order valence-electron chi connectivity index (χ4n) is 3.17. The highest BCUT2D eigenvalue weighted by Gasteiger charge is 2.16. The summed E-state index contributed by atoms with van der Waals surface area (Å²) in [5.74, 6) is 0.342. The number of aliphatic hydroxyl groups is 1. The molecule has 0 aliphatic carbocycles. The molecule has 1 unspecified atom stereocenters. The fraction of sp³-hybridized carbons (Fsp3) is 0.435. The van der Waals surface area contributed by atoms with Crippen LogP contribution < -0.4 is 10.1 Å². The standard InChI is InChI=1S/C23H31NO4/c1-16-9-5-4-6-11-18(25)12-8-7-10-17(2)23(27)24-20-13-14-21(28-3)19(15-16)22(20)26/h7-10,13-14,18,25-26H,4-6,11-12,15H2,1-3H3,(H,24,27)/b8-7-,16-9+,17-10+. The van der Waals surface area contributed by atoms with Gasteiger partial charge in [0.25, 0.3) is 5.91 Å². The lowest BCUT2D eigenvalue weighted by Crippen LogP contribution is -2.13. The Morgan fingerprint density at radius 2 is 2.00 bits per heavy atom. The fourth-order valence-corrected chi connectivity index (χ4v) is 3.17. The smallest absolute Gasteiger partial charge is 0.251 e. The first-order chi connectivity index (χ1) is 13.4. The summed E-state index contributed by atoms with van der Waals surface area (Å²) in [6, 6.07) is 3.41. The minimum absolute atomic E-state index is 0.0352. The van der Waals surface area contributed by atoms with Crippen molar-refractivity contribution in [3.8, 4) is 11.5 Å². The first kappa shape index (κ1) is 21.8. The number of benzene rings is 1. The first-order valence-electron chi connectivity index (χ1n) is 9.79. The summed E-state index contributed by atoms with van der Waals surface area (Å²) in [4.78, 5) is 12.4. The van der Waals surface area contributed by atoms with Gasteiger partial charge in [-0.25, -0.2) is 0 Å². The molecule has 1 aliphatic heterocycles. The van der Waals surface area contributed by atoms with Crippen molar-refractivity contribution in [2.75, 3.05) is 12.4 Å². The van der Waals surface area contributed by atoms with Gasteiger partial charge in [0.1, 0.15) is 11.5 Å². The number of ether oxygens (including phenoxy) is 1. The van der Waals surface area contributed by atoms with Gasteiger partial charge in [0.15, 0.2) is 0 Å². The van der Waals surface area contributed by atoms with E-state index in [1.54, 1.807) is 38.3 Å². The van der Waals surface area contributed by atoms with E-state index in [0.29, 0.717) is 35.4 Å². The van der Waals surface area contributed by atoms with E-state index in [2.05, 4.69) is 11.4 Å². The van der Waals surface area contributed by atoms with E-state index < -0.39 is 0 Å². The van der Waals surface area contributed by atoms with E-state index >= 15 is 0 Å². The summed E-state index contributed by atoms with van der Waals surface area (Å²) < 4.78 is 5.40. The van der Waals surface area contributed by atoms with Crippen molar-refractivity contribution >= 4 is 11.6 Å². The molecule has 0 saturated heterocycles. The Morgan fingerprint density at radius 3 is 2.75 bits per heavy atom. The Bertz CT molecular complexity index is 777. The summed E-state index contributed by atoms with van der Waals surface area (Å²) in [6.45, 7) is 3.73. The quantitative estimate of drug-likeness (QED) is 0.485. The number of methoxy groups -OCH3 is 1. The Balaban J connectivity index is 2.35. The summed E-state index contributed by atoms with van der Waals surface area (Å²) in [6.07, 6.45) is 11.9. The van der Waals surface area contributed by atoms with Crippen molar-refractivity contribution < 1.29 is 19.7 Å². The second-order valence-corrected chi connectivity index (χ2v) is 7.28. The highest BCUT2D eigenvalue weighted by atomic mass is 16.5. The zero-order valence-electron chi connectivity index (χ0n) is 17.0. The van der Waals surface area contributed by atoms with E-state index in [1.807, 2.05) is 13.0 Å². The van der Waals surface area contributed by atoms with E-state index in [1.165, 1.54) is 0 Å². The normalized spacial score (nSPS) is 24.6.